The van der Waals surface area contributed by atoms with Gasteiger partial charge in [-0.2, -0.15) is 0 Å². The van der Waals surface area contributed by atoms with Gasteiger partial charge in [-0.05, 0) is 33.6 Å². The number of nitrogens with one attached hydrogen (secondary N) is 1. The molecule has 1 heterocycles. The van der Waals surface area contributed by atoms with Gasteiger partial charge in [-0.3, -0.25) is 14.4 Å². The molecule has 1 amide bonds. The average molecular weight is 269 g/mol. The first-order valence-corrected chi connectivity index (χ1v) is 6.67. The van der Waals surface area contributed by atoms with Crippen LogP contribution in [-0.2, 0) is 19.1 Å². The van der Waals surface area contributed by atoms with Crippen molar-refractivity contribution in [3.05, 3.63) is 0 Å². The zero-order valence-corrected chi connectivity index (χ0v) is 12.3. The fourth-order valence-corrected chi connectivity index (χ4v) is 2.30. The molecule has 0 aromatic carbocycles. The molecule has 1 N–H and O–H groups in total. The summed E-state index contributed by atoms with van der Waals surface area (Å²) in [5.41, 5.74) is -1.44. The van der Waals surface area contributed by atoms with Crippen LogP contribution in [0.1, 0.15) is 53.9 Å². The maximum absolute atomic E-state index is 11.9. The van der Waals surface area contributed by atoms with Crippen LogP contribution in [0.3, 0.4) is 0 Å². The minimum atomic E-state index is -0.895. The summed E-state index contributed by atoms with van der Waals surface area (Å²) in [6.45, 7) is 8.97. The van der Waals surface area contributed by atoms with Crippen molar-refractivity contribution >= 4 is 17.7 Å². The highest BCUT2D eigenvalue weighted by Gasteiger charge is 2.46. The molecular weight excluding hydrogens is 246 g/mol. The molecule has 1 aliphatic rings. The number of hydrogen-bond acceptors (Lipinski definition) is 4. The van der Waals surface area contributed by atoms with Crippen molar-refractivity contribution in [2.45, 2.75) is 65.0 Å². The Labute approximate surface area is 114 Å². The highest BCUT2D eigenvalue weighted by Crippen LogP contribution is 2.29. The van der Waals surface area contributed by atoms with E-state index in [1.165, 1.54) is 0 Å². The Morgan fingerprint density at radius 1 is 1.42 bits per heavy atom. The normalized spacial score (nSPS) is 25.1. The van der Waals surface area contributed by atoms with Crippen LogP contribution >= 0.6 is 0 Å². The lowest BCUT2D eigenvalue weighted by molar-refractivity contribution is -0.160. The Hall–Kier alpha value is -1.39. The molecule has 5 nitrogen and oxygen atoms in total. The number of ether oxygens (including phenoxy) is 1. The second-order valence-corrected chi connectivity index (χ2v) is 6.22. The smallest absolute Gasteiger partial charge is 0.309 e. The summed E-state index contributed by atoms with van der Waals surface area (Å²) in [7, 11) is 0. The minimum absolute atomic E-state index is 0.0884. The van der Waals surface area contributed by atoms with E-state index in [-0.39, 0.29) is 24.1 Å². The van der Waals surface area contributed by atoms with Gasteiger partial charge in [-0.15, -0.1) is 0 Å². The highest BCUT2D eigenvalue weighted by molar-refractivity contribution is 6.10. The number of carbonyl (C=O) groups is 3. The van der Waals surface area contributed by atoms with Gasteiger partial charge in [-0.25, -0.2) is 0 Å². The summed E-state index contributed by atoms with van der Waals surface area (Å²) in [6, 6.07) is 0. The predicted octanol–water partition coefficient (Wildman–Crippen LogP) is 1.59. The monoisotopic (exact) mass is 269 g/mol. The van der Waals surface area contributed by atoms with Crippen LogP contribution in [0.4, 0.5) is 0 Å². The third-order valence-corrected chi connectivity index (χ3v) is 3.30. The number of ketones is 1. The fourth-order valence-electron chi connectivity index (χ4n) is 2.30. The van der Waals surface area contributed by atoms with Gasteiger partial charge >= 0.3 is 5.97 Å². The summed E-state index contributed by atoms with van der Waals surface area (Å²) in [6.07, 6.45) is 0.697. The van der Waals surface area contributed by atoms with Gasteiger partial charge in [0.05, 0.1) is 17.9 Å². The molecule has 1 saturated heterocycles. The van der Waals surface area contributed by atoms with Crippen molar-refractivity contribution in [3.8, 4) is 0 Å². The molecule has 0 bridgehead atoms. The van der Waals surface area contributed by atoms with Gasteiger partial charge in [0.1, 0.15) is 5.60 Å². The zero-order chi connectivity index (χ0) is 14.8. The number of Topliss-reactive ketones (excluding diaryl/α,β-unsaturated/α-hetero) is 1. The summed E-state index contributed by atoms with van der Waals surface area (Å²) in [5, 5.41) is 2.72. The first kappa shape index (κ1) is 15.7. The molecular formula is C14H23NO4. The second-order valence-electron chi connectivity index (χ2n) is 6.22. The third kappa shape index (κ3) is 3.78. The lowest BCUT2D eigenvalue weighted by Gasteiger charge is -2.30. The molecule has 1 aliphatic heterocycles. The zero-order valence-electron chi connectivity index (χ0n) is 12.3. The lowest BCUT2D eigenvalue weighted by Crippen LogP contribution is -2.48. The van der Waals surface area contributed by atoms with Crippen molar-refractivity contribution in [1.29, 1.82) is 0 Å². The number of rotatable bonds is 4. The van der Waals surface area contributed by atoms with Crippen molar-refractivity contribution in [2.75, 3.05) is 0 Å². The molecule has 19 heavy (non-hydrogen) atoms. The van der Waals surface area contributed by atoms with Gasteiger partial charge in [0.2, 0.25) is 5.91 Å². The van der Waals surface area contributed by atoms with Crippen molar-refractivity contribution in [2.24, 2.45) is 5.92 Å². The van der Waals surface area contributed by atoms with Gasteiger partial charge in [0, 0.05) is 0 Å². The molecule has 0 radical (unpaired) electrons. The number of carbonyl (C=O) groups excluding carboxylic acids is 3. The van der Waals surface area contributed by atoms with Crippen LogP contribution < -0.4 is 5.32 Å². The maximum atomic E-state index is 11.9. The highest BCUT2D eigenvalue weighted by atomic mass is 16.6. The molecule has 2 atom stereocenters. The Kier molecular flexibility index (Phi) is 4.38. The maximum Gasteiger partial charge on any atom is 0.309 e. The Bertz CT molecular complexity index is 397. The Morgan fingerprint density at radius 2 is 2.00 bits per heavy atom. The van der Waals surface area contributed by atoms with Crippen molar-refractivity contribution in [1.82, 2.24) is 5.32 Å². The fraction of sp³-hybridized carbons (Fsp3) is 0.786. The Morgan fingerprint density at radius 3 is 2.37 bits per heavy atom. The molecule has 1 fully saturated rings. The molecule has 0 aromatic rings. The van der Waals surface area contributed by atoms with E-state index in [0.29, 0.717) is 12.8 Å². The third-order valence-electron chi connectivity index (χ3n) is 3.30. The summed E-state index contributed by atoms with van der Waals surface area (Å²) >= 11 is 0. The molecule has 108 valence electrons. The molecule has 0 aromatic heterocycles. The van der Waals surface area contributed by atoms with Crippen LogP contribution in [-0.4, -0.2) is 28.8 Å². The number of amides is 1. The summed E-state index contributed by atoms with van der Waals surface area (Å²) < 4.78 is 5.30. The van der Waals surface area contributed by atoms with E-state index in [4.69, 9.17) is 4.74 Å². The first-order chi connectivity index (χ1) is 8.59. The second kappa shape index (κ2) is 5.31. The van der Waals surface area contributed by atoms with Gasteiger partial charge < -0.3 is 10.1 Å². The molecule has 0 saturated carbocycles. The van der Waals surface area contributed by atoms with E-state index in [2.05, 4.69) is 5.32 Å². The first-order valence-electron chi connectivity index (χ1n) is 6.67. The van der Waals surface area contributed by atoms with Gasteiger partial charge in [-0.1, -0.05) is 13.8 Å². The molecule has 1 rings (SSSR count). The van der Waals surface area contributed by atoms with E-state index in [1.54, 1.807) is 27.7 Å². The van der Waals surface area contributed by atoms with Crippen molar-refractivity contribution in [3.63, 3.8) is 0 Å². The molecule has 0 unspecified atom stereocenters. The lowest BCUT2D eigenvalue weighted by atomic mass is 9.83. The van der Waals surface area contributed by atoms with Crippen LogP contribution in [0.25, 0.3) is 0 Å². The summed E-state index contributed by atoms with van der Waals surface area (Å²) in [4.78, 5) is 35.3. The van der Waals surface area contributed by atoms with E-state index >= 15 is 0 Å². The number of esters is 1. The largest absolute Gasteiger partial charge is 0.460 e. The SMILES string of the molecule is CC[C@@]1(C[C@@H](C)C(=O)OC(C)(C)C)NC(=O)CC1=O. The topological polar surface area (TPSA) is 72.5 Å². The minimum Gasteiger partial charge on any atom is -0.460 e. The molecule has 0 aliphatic carbocycles. The van der Waals surface area contributed by atoms with Crippen LogP contribution in [0, 0.1) is 5.92 Å². The van der Waals surface area contributed by atoms with Gasteiger partial charge in [0.15, 0.2) is 5.78 Å². The standard InChI is InChI=1S/C14H23NO4/c1-6-14(10(16)7-11(17)15-14)8-9(2)12(18)19-13(3,4)5/h9H,6-8H2,1-5H3,(H,15,17)/t9-,14+/m1/s1. The van der Waals surface area contributed by atoms with E-state index in [1.807, 2.05) is 6.92 Å². The van der Waals surface area contributed by atoms with Crippen molar-refractivity contribution < 1.29 is 19.1 Å². The van der Waals surface area contributed by atoms with E-state index in [9.17, 15) is 14.4 Å². The molecule has 5 heteroatoms. The number of hydrogen-bond donors (Lipinski definition) is 1. The van der Waals surface area contributed by atoms with E-state index in [0.717, 1.165) is 0 Å². The summed E-state index contributed by atoms with van der Waals surface area (Å²) in [5.74, 6) is -1.16. The molecule has 0 spiro atoms. The Balaban J connectivity index is 2.74. The van der Waals surface area contributed by atoms with E-state index < -0.39 is 17.1 Å². The average Bonchev–Trinajstić information content (AvgIpc) is 2.51. The van der Waals surface area contributed by atoms with Crippen LogP contribution in [0.2, 0.25) is 0 Å². The van der Waals surface area contributed by atoms with Crippen LogP contribution in [0.15, 0.2) is 0 Å². The van der Waals surface area contributed by atoms with Gasteiger partial charge in [0.25, 0.3) is 0 Å². The van der Waals surface area contributed by atoms with Crippen LogP contribution in [0.5, 0.6) is 0 Å². The quantitative estimate of drug-likeness (QED) is 0.621. The predicted molar refractivity (Wildman–Crippen MR) is 70.4 cm³/mol.